The third-order valence-corrected chi connectivity index (χ3v) is 5.56. The molecular weight excluding hydrogens is 280 g/mol. The maximum Gasteiger partial charge on any atom is 0.00518 e. The van der Waals surface area contributed by atoms with Crippen molar-refractivity contribution in [1.29, 1.82) is 0 Å². The van der Waals surface area contributed by atoms with Gasteiger partial charge in [0.1, 0.15) is 0 Å². The topological polar surface area (TPSA) is 0 Å². The van der Waals surface area contributed by atoms with Crippen LogP contribution >= 0.6 is 24.0 Å². The van der Waals surface area contributed by atoms with Gasteiger partial charge in [-0.25, -0.2) is 0 Å². The molecule has 0 unspecified atom stereocenters. The minimum absolute atomic E-state index is 1.04. The molecular formula is C18H32S2. The second-order valence-corrected chi connectivity index (χ2v) is 7.75. The Balaban J connectivity index is 2.46. The highest BCUT2D eigenvalue weighted by Gasteiger charge is 2.12. The molecule has 0 saturated heterocycles. The van der Waals surface area contributed by atoms with Crippen LogP contribution in [0.5, 0.6) is 0 Å². The van der Waals surface area contributed by atoms with Gasteiger partial charge in [0.2, 0.25) is 0 Å². The van der Waals surface area contributed by atoms with Crippen molar-refractivity contribution >= 4 is 24.0 Å². The van der Waals surface area contributed by atoms with E-state index in [4.69, 9.17) is 0 Å². The van der Waals surface area contributed by atoms with Gasteiger partial charge < -0.3 is 0 Å². The van der Waals surface area contributed by atoms with Crippen LogP contribution in [0.4, 0.5) is 0 Å². The summed E-state index contributed by atoms with van der Waals surface area (Å²) in [5, 5.41) is 0. The van der Waals surface area contributed by atoms with Crippen molar-refractivity contribution in [2.75, 3.05) is 5.75 Å². The molecule has 0 fully saturated rings. The van der Waals surface area contributed by atoms with Crippen molar-refractivity contribution in [2.24, 2.45) is 0 Å². The molecule has 0 aliphatic carbocycles. The molecule has 1 aromatic heterocycles. The average molecular weight is 313 g/mol. The predicted molar refractivity (Wildman–Crippen MR) is 97.7 cm³/mol. The van der Waals surface area contributed by atoms with E-state index in [0.717, 1.165) is 5.75 Å². The maximum atomic E-state index is 4.29. The minimum Gasteiger partial charge on any atom is -0.179 e. The van der Waals surface area contributed by atoms with Crippen LogP contribution in [0.1, 0.15) is 79.2 Å². The molecule has 0 aliphatic rings. The molecule has 0 aliphatic heterocycles. The Bertz CT molecular complexity index is 366. The Hall–Kier alpha value is 0.0500. The summed E-state index contributed by atoms with van der Waals surface area (Å²) in [6, 6.07) is 0. The second kappa shape index (κ2) is 10.7. The van der Waals surface area contributed by atoms with Crippen LogP contribution in [-0.4, -0.2) is 5.75 Å². The van der Waals surface area contributed by atoms with E-state index in [1.165, 1.54) is 64.2 Å². The summed E-state index contributed by atoms with van der Waals surface area (Å²) in [5.41, 5.74) is 3.38. The van der Waals surface area contributed by atoms with Crippen LogP contribution in [0.25, 0.3) is 0 Å². The van der Waals surface area contributed by atoms with E-state index in [1.807, 2.05) is 11.3 Å². The molecule has 20 heavy (non-hydrogen) atoms. The molecule has 1 heterocycles. The smallest absolute Gasteiger partial charge is 0.00518 e. The Labute approximate surface area is 135 Å². The molecule has 2 heteroatoms. The Kier molecular flexibility index (Phi) is 9.71. The summed E-state index contributed by atoms with van der Waals surface area (Å²) >= 11 is 6.30. The van der Waals surface area contributed by atoms with Gasteiger partial charge in [0.25, 0.3) is 0 Å². The quantitative estimate of drug-likeness (QED) is 0.349. The monoisotopic (exact) mass is 312 g/mol. The predicted octanol–water partition coefficient (Wildman–Crippen LogP) is 6.52. The molecule has 0 aromatic carbocycles. The zero-order valence-electron chi connectivity index (χ0n) is 13.6. The normalized spacial score (nSPS) is 11.2. The lowest BCUT2D eigenvalue weighted by molar-refractivity contribution is 0.652. The van der Waals surface area contributed by atoms with E-state index < -0.39 is 0 Å². The zero-order chi connectivity index (χ0) is 14.8. The maximum absolute atomic E-state index is 4.29. The molecule has 1 rings (SSSR count). The van der Waals surface area contributed by atoms with Crippen LogP contribution in [-0.2, 0) is 12.8 Å². The van der Waals surface area contributed by atoms with E-state index in [9.17, 15) is 0 Å². The van der Waals surface area contributed by atoms with E-state index in [2.05, 4.69) is 33.4 Å². The van der Waals surface area contributed by atoms with Gasteiger partial charge >= 0.3 is 0 Å². The van der Waals surface area contributed by atoms with Crippen molar-refractivity contribution in [2.45, 2.75) is 85.0 Å². The molecule has 0 bridgehead atoms. The third-order valence-electron chi connectivity index (χ3n) is 4.14. The molecule has 0 nitrogen and oxygen atoms in total. The Morgan fingerprint density at radius 1 is 0.750 bits per heavy atom. The number of hydrogen-bond acceptors (Lipinski definition) is 2. The molecule has 0 N–H and O–H groups in total. The van der Waals surface area contributed by atoms with Crippen LogP contribution in [0.2, 0.25) is 0 Å². The van der Waals surface area contributed by atoms with Crippen molar-refractivity contribution in [1.82, 2.24) is 0 Å². The second-order valence-electron chi connectivity index (χ2n) is 5.87. The molecule has 0 saturated carbocycles. The van der Waals surface area contributed by atoms with Gasteiger partial charge in [0.05, 0.1) is 0 Å². The molecule has 1 aromatic rings. The summed E-state index contributed by atoms with van der Waals surface area (Å²) in [6.45, 7) is 6.92. The molecule has 116 valence electrons. The van der Waals surface area contributed by atoms with Crippen LogP contribution in [0, 0.1) is 13.8 Å². The zero-order valence-corrected chi connectivity index (χ0v) is 15.3. The van der Waals surface area contributed by atoms with Gasteiger partial charge in [-0.05, 0) is 62.8 Å². The molecule has 0 amide bonds. The van der Waals surface area contributed by atoms with Gasteiger partial charge in [0.15, 0.2) is 0 Å². The summed E-state index contributed by atoms with van der Waals surface area (Å²) in [5.74, 6) is 1.04. The summed E-state index contributed by atoms with van der Waals surface area (Å²) in [6.07, 6.45) is 13.4. The van der Waals surface area contributed by atoms with E-state index in [-0.39, 0.29) is 0 Å². The fraction of sp³-hybridized carbons (Fsp3) is 0.778. The van der Waals surface area contributed by atoms with E-state index in [0.29, 0.717) is 0 Å². The fourth-order valence-electron chi connectivity index (χ4n) is 2.93. The molecule has 0 atom stereocenters. The van der Waals surface area contributed by atoms with E-state index >= 15 is 0 Å². The fourth-order valence-corrected chi connectivity index (χ4v) is 4.31. The van der Waals surface area contributed by atoms with Crippen LogP contribution in [0.3, 0.4) is 0 Å². The molecule has 0 spiro atoms. The highest BCUT2D eigenvalue weighted by molar-refractivity contribution is 7.80. The first kappa shape index (κ1) is 18.1. The average Bonchev–Trinajstić information content (AvgIpc) is 2.69. The SMILES string of the molecule is CCCCCCc1c(C)sc(C)c1CCCCCCS. The lowest BCUT2D eigenvalue weighted by Gasteiger charge is -2.07. The van der Waals surface area contributed by atoms with Gasteiger partial charge in [0, 0.05) is 9.75 Å². The van der Waals surface area contributed by atoms with Gasteiger partial charge in [-0.15, -0.1) is 11.3 Å². The van der Waals surface area contributed by atoms with Gasteiger partial charge in [-0.1, -0.05) is 39.0 Å². The largest absolute Gasteiger partial charge is 0.179 e. The van der Waals surface area contributed by atoms with Crippen LogP contribution in [0.15, 0.2) is 0 Å². The minimum atomic E-state index is 1.04. The van der Waals surface area contributed by atoms with E-state index in [1.54, 1.807) is 20.9 Å². The number of rotatable bonds is 11. The lowest BCUT2D eigenvalue weighted by Crippen LogP contribution is -1.95. The highest BCUT2D eigenvalue weighted by atomic mass is 32.1. The number of thiophene rings is 1. The summed E-state index contributed by atoms with van der Waals surface area (Å²) in [7, 11) is 0. The number of thiol groups is 1. The first-order chi connectivity index (χ1) is 9.70. The Morgan fingerprint density at radius 3 is 1.75 bits per heavy atom. The summed E-state index contributed by atoms with van der Waals surface area (Å²) in [4.78, 5) is 3.14. The molecule has 0 radical (unpaired) electrons. The van der Waals surface area contributed by atoms with Crippen molar-refractivity contribution in [3.8, 4) is 0 Å². The van der Waals surface area contributed by atoms with Crippen molar-refractivity contribution < 1.29 is 0 Å². The first-order valence-corrected chi connectivity index (χ1v) is 9.84. The lowest BCUT2D eigenvalue weighted by atomic mass is 9.97. The standard InChI is InChI=1S/C18H32S2/c1-4-5-6-9-12-17-15(2)20-16(3)18(17)13-10-7-8-11-14-19/h19H,4-14H2,1-3H3. The first-order valence-electron chi connectivity index (χ1n) is 8.39. The number of aryl methyl sites for hydroxylation is 2. The Morgan fingerprint density at radius 2 is 1.25 bits per heavy atom. The van der Waals surface area contributed by atoms with Crippen molar-refractivity contribution in [3.63, 3.8) is 0 Å². The number of unbranched alkanes of at least 4 members (excludes halogenated alkanes) is 6. The van der Waals surface area contributed by atoms with Gasteiger partial charge in [-0.3, -0.25) is 0 Å². The van der Waals surface area contributed by atoms with Crippen LogP contribution < -0.4 is 0 Å². The third kappa shape index (κ3) is 6.22. The van der Waals surface area contributed by atoms with Gasteiger partial charge in [-0.2, -0.15) is 12.6 Å². The number of hydrogen-bond donors (Lipinski definition) is 1. The van der Waals surface area contributed by atoms with Crippen molar-refractivity contribution in [3.05, 3.63) is 20.9 Å². The highest BCUT2D eigenvalue weighted by Crippen LogP contribution is 2.30. The summed E-state index contributed by atoms with van der Waals surface area (Å²) < 4.78 is 0.